The molecule has 2 amide bonds. The minimum atomic E-state index is -0.499. The van der Waals surface area contributed by atoms with Gasteiger partial charge in [-0.1, -0.05) is 29.4 Å². The number of halogens is 1. The van der Waals surface area contributed by atoms with E-state index in [2.05, 4.69) is 20.8 Å². The van der Waals surface area contributed by atoms with Crippen LogP contribution in [0.2, 0.25) is 0 Å². The molecule has 4 aromatic rings. The van der Waals surface area contributed by atoms with Crippen molar-refractivity contribution in [1.82, 2.24) is 15.5 Å². The van der Waals surface area contributed by atoms with Crippen molar-refractivity contribution in [2.75, 3.05) is 18.5 Å². The van der Waals surface area contributed by atoms with Crippen molar-refractivity contribution in [3.05, 3.63) is 77.2 Å². The van der Waals surface area contributed by atoms with E-state index in [1.54, 1.807) is 49.4 Å². The average Bonchev–Trinajstić information content (AvgIpc) is 3.52. The van der Waals surface area contributed by atoms with Crippen molar-refractivity contribution in [3.63, 3.8) is 0 Å². The number of carbonyl (C=O) groups is 2. The number of aromatic nitrogens is 2. The number of ether oxygens (including phenoxy) is 1. The summed E-state index contributed by atoms with van der Waals surface area (Å²) in [6.45, 7) is 2.79. The summed E-state index contributed by atoms with van der Waals surface area (Å²) in [6, 6.07) is 14.4. The zero-order valence-electron chi connectivity index (χ0n) is 19.0. The molecule has 1 fully saturated rings. The molecule has 0 aliphatic carbocycles. The molecule has 3 heterocycles. The average molecular weight is 474 g/mol. The van der Waals surface area contributed by atoms with Gasteiger partial charge in [-0.25, -0.2) is 9.37 Å². The first-order chi connectivity index (χ1) is 17.0. The van der Waals surface area contributed by atoms with E-state index in [1.165, 1.54) is 12.1 Å². The van der Waals surface area contributed by atoms with Crippen LogP contribution in [0.25, 0.3) is 22.4 Å². The van der Waals surface area contributed by atoms with Gasteiger partial charge in [0.15, 0.2) is 0 Å². The molecule has 0 saturated carbocycles. The van der Waals surface area contributed by atoms with Gasteiger partial charge in [0, 0.05) is 18.7 Å². The van der Waals surface area contributed by atoms with Crippen LogP contribution in [0.5, 0.6) is 0 Å². The topological polar surface area (TPSA) is 106 Å². The summed E-state index contributed by atoms with van der Waals surface area (Å²) >= 11 is 0. The molecule has 35 heavy (non-hydrogen) atoms. The molecule has 8 nitrogen and oxygen atoms in total. The van der Waals surface area contributed by atoms with E-state index in [9.17, 15) is 14.0 Å². The maximum absolute atomic E-state index is 14.4. The molecule has 9 heteroatoms. The molecule has 2 aromatic carbocycles. The Hall–Kier alpha value is -4.11. The predicted octanol–water partition coefficient (Wildman–Crippen LogP) is 4.50. The normalized spacial score (nSPS) is 15.3. The molecular formula is C26H23FN4O4. The number of nitrogens with one attached hydrogen (secondary N) is 2. The molecule has 2 N–H and O–H groups in total. The van der Waals surface area contributed by atoms with Crippen LogP contribution < -0.4 is 10.6 Å². The summed E-state index contributed by atoms with van der Waals surface area (Å²) in [7, 11) is 0. The van der Waals surface area contributed by atoms with Crippen molar-refractivity contribution in [2.45, 2.75) is 25.9 Å². The number of anilines is 1. The van der Waals surface area contributed by atoms with Crippen molar-refractivity contribution in [1.29, 1.82) is 0 Å². The maximum atomic E-state index is 14.4. The Balaban J connectivity index is 1.46. The summed E-state index contributed by atoms with van der Waals surface area (Å²) < 4.78 is 25.3. The first-order valence-corrected chi connectivity index (χ1v) is 11.3. The number of amides is 2. The molecule has 2 aromatic heterocycles. The SMILES string of the molecule is Cc1noc2nc(-c3ccccc3F)cc(C(=O)Nc3ccccc3C(=O)NCC3CCCO3)c12. The third-order valence-corrected chi connectivity index (χ3v) is 5.95. The smallest absolute Gasteiger partial charge is 0.259 e. The molecule has 0 radical (unpaired) electrons. The molecule has 5 rings (SSSR count). The minimum absolute atomic E-state index is 0.000764. The van der Waals surface area contributed by atoms with E-state index < -0.39 is 11.7 Å². The molecule has 1 unspecified atom stereocenters. The van der Waals surface area contributed by atoms with E-state index >= 15 is 0 Å². The first-order valence-electron chi connectivity index (χ1n) is 11.3. The van der Waals surface area contributed by atoms with Gasteiger partial charge in [-0.2, -0.15) is 0 Å². The van der Waals surface area contributed by atoms with E-state index in [-0.39, 0.29) is 34.5 Å². The molecule has 1 saturated heterocycles. The number of aryl methyl sites for hydroxylation is 1. The van der Waals surface area contributed by atoms with Crippen LogP contribution >= 0.6 is 0 Å². The number of pyridine rings is 1. The highest BCUT2D eigenvalue weighted by atomic mass is 19.1. The number of hydrogen-bond acceptors (Lipinski definition) is 6. The maximum Gasteiger partial charge on any atom is 0.259 e. The number of hydrogen-bond donors (Lipinski definition) is 2. The first kappa shape index (κ1) is 22.7. The Morgan fingerprint density at radius 2 is 1.89 bits per heavy atom. The van der Waals surface area contributed by atoms with Crippen LogP contribution in [0.15, 0.2) is 59.1 Å². The van der Waals surface area contributed by atoms with Gasteiger partial charge in [0.25, 0.3) is 17.5 Å². The van der Waals surface area contributed by atoms with Crippen molar-refractivity contribution < 1.29 is 23.2 Å². The van der Waals surface area contributed by atoms with Crippen LogP contribution in [-0.2, 0) is 4.74 Å². The van der Waals surface area contributed by atoms with E-state index in [0.29, 0.717) is 35.5 Å². The van der Waals surface area contributed by atoms with Crippen LogP contribution in [0, 0.1) is 12.7 Å². The molecule has 0 bridgehead atoms. The molecule has 178 valence electrons. The van der Waals surface area contributed by atoms with Gasteiger partial charge in [0.2, 0.25) is 0 Å². The third-order valence-electron chi connectivity index (χ3n) is 5.95. The molecular weight excluding hydrogens is 451 g/mol. The van der Waals surface area contributed by atoms with Crippen molar-refractivity contribution in [2.24, 2.45) is 0 Å². The van der Waals surface area contributed by atoms with Gasteiger partial charge >= 0.3 is 0 Å². The van der Waals surface area contributed by atoms with Crippen molar-refractivity contribution >= 4 is 28.6 Å². The van der Waals surface area contributed by atoms with Crippen LogP contribution in [-0.4, -0.2) is 41.2 Å². The second-order valence-corrected chi connectivity index (χ2v) is 8.33. The lowest BCUT2D eigenvalue weighted by atomic mass is 10.0. The van der Waals surface area contributed by atoms with Gasteiger partial charge in [-0.15, -0.1) is 0 Å². The lowest BCUT2D eigenvalue weighted by Gasteiger charge is -2.14. The number of fused-ring (bicyclic) bond motifs is 1. The van der Waals surface area contributed by atoms with Gasteiger partial charge in [0.05, 0.1) is 39.7 Å². The number of nitrogens with zero attached hydrogens (tertiary/aromatic N) is 2. The Labute approximate surface area is 200 Å². The number of rotatable bonds is 6. The van der Waals surface area contributed by atoms with Gasteiger partial charge < -0.3 is 19.9 Å². The number of benzene rings is 2. The standard InChI is InChI=1S/C26H23FN4O4/c1-15-23-19(13-22(30-26(23)35-31-15)17-8-2-4-10-20(17)27)25(33)29-21-11-5-3-9-18(21)24(32)28-14-16-7-6-12-34-16/h2-5,8-11,13,16H,6-7,12,14H2,1H3,(H,28,32)(H,29,33). The Morgan fingerprint density at radius 1 is 1.09 bits per heavy atom. The van der Waals surface area contributed by atoms with E-state index in [0.717, 1.165) is 12.8 Å². The molecule has 0 spiro atoms. The number of carbonyl (C=O) groups excluding carboxylic acids is 2. The van der Waals surface area contributed by atoms with Gasteiger partial charge in [-0.3, -0.25) is 9.59 Å². The Kier molecular flexibility index (Phi) is 6.24. The van der Waals surface area contributed by atoms with Gasteiger partial charge in [-0.05, 0) is 50.1 Å². The zero-order chi connectivity index (χ0) is 24.4. The van der Waals surface area contributed by atoms with E-state index in [4.69, 9.17) is 9.26 Å². The van der Waals surface area contributed by atoms with Crippen molar-refractivity contribution in [3.8, 4) is 11.3 Å². The summed E-state index contributed by atoms with van der Waals surface area (Å²) in [6.07, 6.45) is 1.88. The summed E-state index contributed by atoms with van der Waals surface area (Å²) in [5, 5.41) is 10.0. The lowest BCUT2D eigenvalue weighted by molar-refractivity contribution is 0.0858. The Bertz CT molecular complexity index is 1410. The van der Waals surface area contributed by atoms with Gasteiger partial charge in [0.1, 0.15) is 5.82 Å². The Morgan fingerprint density at radius 3 is 2.69 bits per heavy atom. The largest absolute Gasteiger partial charge is 0.376 e. The fraction of sp³-hybridized carbons (Fsp3) is 0.231. The highest BCUT2D eigenvalue weighted by Gasteiger charge is 2.23. The monoisotopic (exact) mass is 474 g/mol. The fourth-order valence-corrected chi connectivity index (χ4v) is 4.17. The highest BCUT2D eigenvalue weighted by molar-refractivity contribution is 6.15. The number of para-hydroxylation sites is 1. The second-order valence-electron chi connectivity index (χ2n) is 8.33. The molecule has 1 aliphatic rings. The minimum Gasteiger partial charge on any atom is -0.376 e. The molecule has 1 atom stereocenters. The zero-order valence-corrected chi connectivity index (χ0v) is 19.0. The molecule has 1 aliphatic heterocycles. The second kappa shape index (κ2) is 9.63. The summed E-state index contributed by atoms with van der Waals surface area (Å²) in [5.41, 5.74) is 1.93. The lowest BCUT2D eigenvalue weighted by Crippen LogP contribution is -2.32. The van der Waals surface area contributed by atoms with Crippen LogP contribution in [0.1, 0.15) is 39.3 Å². The third kappa shape index (κ3) is 4.63. The van der Waals surface area contributed by atoms with Crippen LogP contribution in [0.3, 0.4) is 0 Å². The van der Waals surface area contributed by atoms with Crippen LogP contribution in [0.4, 0.5) is 10.1 Å². The summed E-state index contributed by atoms with van der Waals surface area (Å²) in [4.78, 5) is 30.6. The predicted molar refractivity (Wildman–Crippen MR) is 128 cm³/mol. The summed E-state index contributed by atoms with van der Waals surface area (Å²) in [5.74, 6) is -1.29. The van der Waals surface area contributed by atoms with E-state index in [1.807, 2.05) is 0 Å². The quantitative estimate of drug-likeness (QED) is 0.426. The highest BCUT2D eigenvalue weighted by Crippen LogP contribution is 2.29. The fourth-order valence-electron chi connectivity index (χ4n) is 4.17.